The van der Waals surface area contributed by atoms with Crippen molar-refractivity contribution in [3.8, 4) is 0 Å². The maximum absolute atomic E-state index is 9.15. The molecular weight excluding hydrogens is 140 g/mol. The van der Waals surface area contributed by atoms with Crippen LogP contribution in [0.3, 0.4) is 0 Å². The highest BCUT2D eigenvalue weighted by Gasteiger charge is 2.29. The molecule has 1 N–H and O–H groups in total. The first kappa shape index (κ1) is 9.01. The van der Waals surface area contributed by atoms with E-state index in [1.165, 1.54) is 12.8 Å². The van der Waals surface area contributed by atoms with E-state index in [-0.39, 0.29) is 0 Å². The summed E-state index contributed by atoms with van der Waals surface area (Å²) in [5, 5.41) is 9.15. The fourth-order valence-corrected chi connectivity index (χ4v) is 1.62. The van der Waals surface area contributed by atoms with Gasteiger partial charge in [0.05, 0.1) is 6.10 Å². The van der Waals surface area contributed by atoms with E-state index in [2.05, 4.69) is 13.8 Å². The van der Waals surface area contributed by atoms with E-state index < -0.39 is 6.29 Å². The number of aliphatic hydroxyl groups excluding tert-OH is 1. The molecule has 1 saturated heterocycles. The van der Waals surface area contributed by atoms with Crippen LogP contribution in [0.5, 0.6) is 0 Å². The molecule has 1 fully saturated rings. The lowest BCUT2D eigenvalue weighted by atomic mass is 9.99. The molecule has 0 aliphatic carbocycles. The molecule has 0 radical (unpaired) electrons. The second-order valence-corrected chi connectivity index (χ2v) is 3.48. The molecule has 1 heterocycles. The van der Waals surface area contributed by atoms with Crippen LogP contribution >= 0.6 is 0 Å². The van der Waals surface area contributed by atoms with Crippen LogP contribution in [0.1, 0.15) is 39.5 Å². The SMILES string of the molecule is CCCC[C@H]1OC(O)C[C@@H]1C. The Morgan fingerprint density at radius 3 is 2.73 bits per heavy atom. The molecule has 0 aromatic rings. The fourth-order valence-electron chi connectivity index (χ4n) is 1.62. The summed E-state index contributed by atoms with van der Waals surface area (Å²) in [6.07, 6.45) is 4.16. The Balaban J connectivity index is 2.23. The molecule has 0 saturated carbocycles. The molecule has 1 unspecified atom stereocenters. The normalized spacial score (nSPS) is 37.9. The molecule has 0 aromatic heterocycles. The Bertz CT molecular complexity index is 114. The lowest BCUT2D eigenvalue weighted by Crippen LogP contribution is -2.13. The minimum absolute atomic E-state index is 0.310. The molecule has 11 heavy (non-hydrogen) atoms. The van der Waals surface area contributed by atoms with E-state index >= 15 is 0 Å². The van der Waals surface area contributed by atoms with Crippen molar-refractivity contribution in [1.82, 2.24) is 0 Å². The Hall–Kier alpha value is -0.0800. The zero-order valence-electron chi connectivity index (χ0n) is 7.42. The molecule has 0 bridgehead atoms. The maximum Gasteiger partial charge on any atom is 0.155 e. The summed E-state index contributed by atoms with van der Waals surface area (Å²) in [5.41, 5.74) is 0. The van der Waals surface area contributed by atoms with Gasteiger partial charge in [0.1, 0.15) is 0 Å². The van der Waals surface area contributed by atoms with Gasteiger partial charge in [0.25, 0.3) is 0 Å². The number of unbranched alkanes of at least 4 members (excludes halogenated alkanes) is 1. The van der Waals surface area contributed by atoms with Gasteiger partial charge in [0.15, 0.2) is 6.29 Å². The van der Waals surface area contributed by atoms with Gasteiger partial charge < -0.3 is 9.84 Å². The van der Waals surface area contributed by atoms with Gasteiger partial charge in [-0.2, -0.15) is 0 Å². The van der Waals surface area contributed by atoms with Crippen molar-refractivity contribution >= 4 is 0 Å². The molecule has 2 nitrogen and oxygen atoms in total. The topological polar surface area (TPSA) is 29.5 Å². The average Bonchev–Trinajstić information content (AvgIpc) is 2.26. The second kappa shape index (κ2) is 4.07. The largest absolute Gasteiger partial charge is 0.368 e. The van der Waals surface area contributed by atoms with Crippen LogP contribution in [0, 0.1) is 5.92 Å². The van der Waals surface area contributed by atoms with Crippen LogP contribution in [-0.4, -0.2) is 17.5 Å². The highest BCUT2D eigenvalue weighted by atomic mass is 16.6. The Labute approximate surface area is 68.6 Å². The van der Waals surface area contributed by atoms with Crippen LogP contribution < -0.4 is 0 Å². The van der Waals surface area contributed by atoms with Crippen molar-refractivity contribution in [3.63, 3.8) is 0 Å². The minimum atomic E-state index is -0.494. The van der Waals surface area contributed by atoms with Crippen LogP contribution in [0.2, 0.25) is 0 Å². The lowest BCUT2D eigenvalue weighted by molar-refractivity contribution is -0.0937. The highest BCUT2D eigenvalue weighted by Crippen LogP contribution is 2.27. The van der Waals surface area contributed by atoms with Gasteiger partial charge in [0, 0.05) is 6.42 Å². The molecule has 66 valence electrons. The van der Waals surface area contributed by atoms with E-state index in [1.54, 1.807) is 0 Å². The first-order valence-corrected chi connectivity index (χ1v) is 4.57. The Morgan fingerprint density at radius 2 is 2.27 bits per heavy atom. The molecular formula is C9H18O2. The van der Waals surface area contributed by atoms with E-state index in [4.69, 9.17) is 9.84 Å². The summed E-state index contributed by atoms with van der Waals surface area (Å²) in [6, 6.07) is 0. The van der Waals surface area contributed by atoms with Gasteiger partial charge in [-0.15, -0.1) is 0 Å². The molecule has 0 aromatic carbocycles. The van der Waals surface area contributed by atoms with Gasteiger partial charge in [-0.1, -0.05) is 26.7 Å². The van der Waals surface area contributed by atoms with Crippen molar-refractivity contribution < 1.29 is 9.84 Å². The number of hydrogen-bond donors (Lipinski definition) is 1. The average molecular weight is 158 g/mol. The first-order valence-electron chi connectivity index (χ1n) is 4.57. The fraction of sp³-hybridized carbons (Fsp3) is 1.00. The summed E-state index contributed by atoms with van der Waals surface area (Å²) in [4.78, 5) is 0. The van der Waals surface area contributed by atoms with Crippen molar-refractivity contribution in [3.05, 3.63) is 0 Å². The van der Waals surface area contributed by atoms with E-state index in [9.17, 15) is 0 Å². The summed E-state index contributed by atoms with van der Waals surface area (Å²) in [6.45, 7) is 4.33. The van der Waals surface area contributed by atoms with Gasteiger partial charge in [-0.3, -0.25) is 0 Å². The van der Waals surface area contributed by atoms with Crippen LogP contribution in [0.4, 0.5) is 0 Å². The van der Waals surface area contributed by atoms with Crippen molar-refractivity contribution in [1.29, 1.82) is 0 Å². The summed E-state index contributed by atoms with van der Waals surface area (Å²) >= 11 is 0. The predicted octanol–water partition coefficient (Wildman–Crippen LogP) is 1.92. The van der Waals surface area contributed by atoms with Crippen molar-refractivity contribution in [2.45, 2.75) is 51.9 Å². The molecule has 1 rings (SSSR count). The Kier molecular flexibility index (Phi) is 3.34. The summed E-state index contributed by atoms with van der Waals surface area (Å²) in [5.74, 6) is 0.538. The predicted molar refractivity (Wildman–Crippen MR) is 44.2 cm³/mol. The number of ether oxygens (including phenoxy) is 1. The number of hydrogen-bond acceptors (Lipinski definition) is 2. The van der Waals surface area contributed by atoms with E-state index in [0.717, 1.165) is 12.8 Å². The van der Waals surface area contributed by atoms with Crippen LogP contribution in [0.15, 0.2) is 0 Å². The van der Waals surface area contributed by atoms with Gasteiger partial charge in [-0.25, -0.2) is 0 Å². The quantitative estimate of drug-likeness (QED) is 0.680. The smallest absolute Gasteiger partial charge is 0.155 e. The van der Waals surface area contributed by atoms with Crippen molar-refractivity contribution in [2.24, 2.45) is 5.92 Å². The van der Waals surface area contributed by atoms with Gasteiger partial charge >= 0.3 is 0 Å². The monoisotopic (exact) mass is 158 g/mol. The van der Waals surface area contributed by atoms with Crippen LogP contribution in [-0.2, 0) is 4.74 Å². The van der Waals surface area contributed by atoms with Crippen LogP contribution in [0.25, 0.3) is 0 Å². The first-order chi connectivity index (χ1) is 5.24. The standard InChI is InChI=1S/C9H18O2/c1-3-4-5-8-7(2)6-9(10)11-8/h7-10H,3-6H2,1-2H3/t7-,8+,9?/m0/s1. The molecule has 2 heteroatoms. The zero-order valence-corrected chi connectivity index (χ0v) is 7.42. The third-order valence-corrected chi connectivity index (χ3v) is 2.38. The molecule has 1 aliphatic heterocycles. The Morgan fingerprint density at radius 1 is 1.55 bits per heavy atom. The number of aliphatic hydroxyl groups is 1. The van der Waals surface area contributed by atoms with Gasteiger partial charge in [-0.05, 0) is 12.3 Å². The second-order valence-electron chi connectivity index (χ2n) is 3.48. The molecule has 0 spiro atoms. The van der Waals surface area contributed by atoms with Gasteiger partial charge in [0.2, 0.25) is 0 Å². The molecule has 0 amide bonds. The lowest BCUT2D eigenvalue weighted by Gasteiger charge is -2.12. The third kappa shape index (κ3) is 2.46. The van der Waals surface area contributed by atoms with E-state index in [0.29, 0.717) is 12.0 Å². The molecule has 1 aliphatic rings. The maximum atomic E-state index is 9.15. The van der Waals surface area contributed by atoms with E-state index in [1.807, 2.05) is 0 Å². The third-order valence-electron chi connectivity index (χ3n) is 2.38. The van der Waals surface area contributed by atoms with Crippen molar-refractivity contribution in [2.75, 3.05) is 0 Å². The zero-order chi connectivity index (χ0) is 8.27. The minimum Gasteiger partial charge on any atom is -0.368 e. The summed E-state index contributed by atoms with van der Waals surface area (Å²) < 4.78 is 5.33. The highest BCUT2D eigenvalue weighted by molar-refractivity contribution is 4.74. The molecule has 3 atom stereocenters. The number of rotatable bonds is 3. The summed E-state index contributed by atoms with van der Waals surface area (Å²) in [7, 11) is 0.